The first-order chi connectivity index (χ1) is 12.5. The van der Waals surface area contributed by atoms with Crippen LogP contribution in [0, 0.1) is 0 Å². The molecule has 0 aromatic heterocycles. The van der Waals surface area contributed by atoms with Crippen molar-refractivity contribution in [1.29, 1.82) is 0 Å². The summed E-state index contributed by atoms with van der Waals surface area (Å²) in [7, 11) is 1.60. The molecule has 0 spiro atoms. The highest BCUT2D eigenvalue weighted by Gasteiger charge is 2.33. The molecule has 8 heteroatoms. The zero-order valence-electron chi connectivity index (χ0n) is 15.1. The summed E-state index contributed by atoms with van der Waals surface area (Å²) in [6.07, 6.45) is 0.283. The Kier molecular flexibility index (Phi) is 5.29. The van der Waals surface area contributed by atoms with Crippen LogP contribution >= 0.6 is 0 Å². The van der Waals surface area contributed by atoms with Crippen LogP contribution in [0.25, 0.3) is 0 Å². The Morgan fingerprint density at radius 3 is 2.27 bits per heavy atom. The summed E-state index contributed by atoms with van der Waals surface area (Å²) in [5.41, 5.74) is 0.794. The molecule has 2 aliphatic heterocycles. The van der Waals surface area contributed by atoms with Crippen LogP contribution < -0.4 is 15.0 Å². The molecular weight excluding hydrogens is 336 g/mol. The highest BCUT2D eigenvalue weighted by atomic mass is 16.5. The minimum absolute atomic E-state index is 0.0122. The van der Waals surface area contributed by atoms with Crippen LogP contribution in [0.3, 0.4) is 0 Å². The standard InChI is InChI=1S/C18H24N4O4/c1-13(23)20-7-9-21(10-8-20)18(25)19-14-11-17(24)22(12-14)15-3-5-16(26-2)6-4-15/h3-6,14H,7-12H2,1-2H3,(H,19,25)/t14-/m0/s1. The van der Waals surface area contributed by atoms with Crippen LogP contribution in [0.15, 0.2) is 24.3 Å². The largest absolute Gasteiger partial charge is 0.497 e. The zero-order valence-corrected chi connectivity index (χ0v) is 15.1. The summed E-state index contributed by atoms with van der Waals surface area (Å²) in [6.45, 7) is 4.09. The van der Waals surface area contributed by atoms with Crippen molar-refractivity contribution in [2.45, 2.75) is 19.4 Å². The number of nitrogens with one attached hydrogen (secondary N) is 1. The van der Waals surface area contributed by atoms with Crippen molar-refractivity contribution in [3.63, 3.8) is 0 Å². The van der Waals surface area contributed by atoms with E-state index in [2.05, 4.69) is 5.32 Å². The summed E-state index contributed by atoms with van der Waals surface area (Å²) in [4.78, 5) is 41.2. The van der Waals surface area contributed by atoms with Gasteiger partial charge in [0.1, 0.15) is 5.75 Å². The van der Waals surface area contributed by atoms with Crippen LogP contribution in [0.5, 0.6) is 5.75 Å². The summed E-state index contributed by atoms with van der Waals surface area (Å²) in [5, 5.41) is 2.94. The van der Waals surface area contributed by atoms with Gasteiger partial charge in [-0.25, -0.2) is 4.79 Å². The Bertz CT molecular complexity index is 683. The quantitative estimate of drug-likeness (QED) is 0.859. The van der Waals surface area contributed by atoms with Gasteiger partial charge in [-0.3, -0.25) is 9.59 Å². The topological polar surface area (TPSA) is 82.2 Å². The third-order valence-corrected chi connectivity index (χ3v) is 4.85. The van der Waals surface area contributed by atoms with E-state index in [1.54, 1.807) is 21.8 Å². The third kappa shape index (κ3) is 3.89. The fraction of sp³-hybridized carbons (Fsp3) is 0.500. The number of carbonyl (C=O) groups is 3. The third-order valence-electron chi connectivity index (χ3n) is 4.85. The van der Waals surface area contributed by atoms with E-state index in [9.17, 15) is 14.4 Å². The molecule has 3 rings (SSSR count). The molecule has 1 aromatic carbocycles. The Morgan fingerprint density at radius 2 is 1.69 bits per heavy atom. The first kappa shape index (κ1) is 18.0. The lowest BCUT2D eigenvalue weighted by Crippen LogP contribution is -2.54. The molecule has 1 aromatic rings. The first-order valence-electron chi connectivity index (χ1n) is 8.73. The second kappa shape index (κ2) is 7.63. The number of carbonyl (C=O) groups excluding carboxylic acids is 3. The fourth-order valence-electron chi connectivity index (χ4n) is 3.31. The summed E-state index contributed by atoms with van der Waals surface area (Å²) in [6, 6.07) is 6.89. The van der Waals surface area contributed by atoms with Gasteiger partial charge in [0, 0.05) is 51.8 Å². The predicted octanol–water partition coefficient (Wildman–Crippen LogP) is 0.674. The number of ether oxygens (including phenoxy) is 1. The highest BCUT2D eigenvalue weighted by molar-refractivity contribution is 5.96. The molecule has 0 bridgehead atoms. The van der Waals surface area contributed by atoms with Gasteiger partial charge < -0.3 is 24.8 Å². The first-order valence-corrected chi connectivity index (χ1v) is 8.73. The minimum atomic E-state index is -0.220. The van der Waals surface area contributed by atoms with Crippen molar-refractivity contribution in [1.82, 2.24) is 15.1 Å². The number of methoxy groups -OCH3 is 1. The molecule has 4 amide bonds. The molecule has 8 nitrogen and oxygen atoms in total. The molecule has 0 aliphatic carbocycles. The van der Waals surface area contributed by atoms with Gasteiger partial charge in [-0.05, 0) is 24.3 Å². The summed E-state index contributed by atoms with van der Waals surface area (Å²) in [5.74, 6) is 0.749. The van der Waals surface area contributed by atoms with Crippen molar-refractivity contribution in [2.24, 2.45) is 0 Å². The highest BCUT2D eigenvalue weighted by Crippen LogP contribution is 2.24. The zero-order chi connectivity index (χ0) is 18.7. The number of hydrogen-bond acceptors (Lipinski definition) is 4. The maximum Gasteiger partial charge on any atom is 0.317 e. The van der Waals surface area contributed by atoms with Crippen LogP contribution in [0.1, 0.15) is 13.3 Å². The van der Waals surface area contributed by atoms with Gasteiger partial charge in [-0.2, -0.15) is 0 Å². The Morgan fingerprint density at radius 1 is 1.08 bits per heavy atom. The molecule has 26 heavy (non-hydrogen) atoms. The molecule has 2 fully saturated rings. The van der Waals surface area contributed by atoms with E-state index in [-0.39, 0.29) is 30.3 Å². The number of rotatable bonds is 3. The molecule has 0 radical (unpaired) electrons. The van der Waals surface area contributed by atoms with E-state index in [1.807, 2.05) is 24.3 Å². The number of piperazine rings is 1. The average molecular weight is 360 g/mol. The van der Waals surface area contributed by atoms with Gasteiger partial charge in [0.2, 0.25) is 11.8 Å². The molecule has 2 saturated heterocycles. The van der Waals surface area contributed by atoms with Gasteiger partial charge in [0.05, 0.1) is 13.2 Å². The van der Waals surface area contributed by atoms with Crippen molar-refractivity contribution in [3.8, 4) is 5.75 Å². The lowest BCUT2D eigenvalue weighted by Gasteiger charge is -2.34. The molecule has 1 N–H and O–H groups in total. The molecule has 0 saturated carbocycles. The summed E-state index contributed by atoms with van der Waals surface area (Å²) >= 11 is 0. The van der Waals surface area contributed by atoms with Crippen molar-refractivity contribution in [3.05, 3.63) is 24.3 Å². The number of hydrogen-bond donors (Lipinski definition) is 1. The predicted molar refractivity (Wildman–Crippen MR) is 96.1 cm³/mol. The second-order valence-corrected chi connectivity index (χ2v) is 6.55. The van der Waals surface area contributed by atoms with Gasteiger partial charge in [0.15, 0.2) is 0 Å². The van der Waals surface area contributed by atoms with Crippen molar-refractivity contribution >= 4 is 23.5 Å². The SMILES string of the molecule is COc1ccc(N2C[C@@H](NC(=O)N3CCN(C(C)=O)CC3)CC2=O)cc1. The maximum absolute atomic E-state index is 12.4. The molecular formula is C18H24N4O4. The number of amides is 4. The van der Waals surface area contributed by atoms with Crippen LogP contribution in [0.2, 0.25) is 0 Å². The van der Waals surface area contributed by atoms with Crippen molar-refractivity contribution < 1.29 is 19.1 Å². The van der Waals surface area contributed by atoms with E-state index in [0.717, 1.165) is 11.4 Å². The Hall–Kier alpha value is -2.77. The van der Waals surface area contributed by atoms with Gasteiger partial charge in [-0.1, -0.05) is 0 Å². The number of urea groups is 1. The molecule has 2 aliphatic rings. The number of nitrogens with zero attached hydrogens (tertiary/aromatic N) is 3. The minimum Gasteiger partial charge on any atom is -0.497 e. The van der Waals surface area contributed by atoms with Crippen LogP contribution in [-0.2, 0) is 9.59 Å². The van der Waals surface area contributed by atoms with Crippen LogP contribution in [-0.4, -0.2) is 73.5 Å². The second-order valence-electron chi connectivity index (χ2n) is 6.55. The Labute approximate surface area is 152 Å². The van der Waals surface area contributed by atoms with E-state index >= 15 is 0 Å². The summed E-state index contributed by atoms with van der Waals surface area (Å²) < 4.78 is 5.13. The maximum atomic E-state index is 12.4. The lowest BCUT2D eigenvalue weighted by molar-refractivity contribution is -0.130. The van der Waals surface area contributed by atoms with E-state index in [1.165, 1.54) is 6.92 Å². The molecule has 140 valence electrons. The van der Waals surface area contributed by atoms with Crippen LogP contribution in [0.4, 0.5) is 10.5 Å². The van der Waals surface area contributed by atoms with Crippen molar-refractivity contribution in [2.75, 3.05) is 44.7 Å². The monoisotopic (exact) mass is 360 g/mol. The van der Waals surface area contributed by atoms with E-state index in [4.69, 9.17) is 4.74 Å². The normalized spacial score (nSPS) is 20.3. The van der Waals surface area contributed by atoms with Gasteiger partial charge in [0.25, 0.3) is 0 Å². The van der Waals surface area contributed by atoms with E-state index < -0.39 is 0 Å². The van der Waals surface area contributed by atoms with E-state index in [0.29, 0.717) is 32.7 Å². The smallest absolute Gasteiger partial charge is 0.317 e. The number of benzene rings is 1. The lowest BCUT2D eigenvalue weighted by atomic mass is 10.2. The number of anilines is 1. The van der Waals surface area contributed by atoms with Gasteiger partial charge >= 0.3 is 6.03 Å². The molecule has 0 unspecified atom stereocenters. The Balaban J connectivity index is 1.54. The molecule has 2 heterocycles. The average Bonchev–Trinajstić information content (AvgIpc) is 3.02. The molecule has 1 atom stereocenters. The van der Waals surface area contributed by atoms with Gasteiger partial charge in [-0.15, -0.1) is 0 Å². The fourth-order valence-corrected chi connectivity index (χ4v) is 3.31.